The largest absolute Gasteiger partial charge is 0.348 e. The molecule has 2 aliphatic rings. The van der Waals surface area contributed by atoms with E-state index in [0.717, 1.165) is 30.9 Å². The van der Waals surface area contributed by atoms with Gasteiger partial charge in [0.15, 0.2) is 0 Å². The lowest BCUT2D eigenvalue weighted by Gasteiger charge is -2.48. The Morgan fingerprint density at radius 3 is 3.12 bits per heavy atom. The van der Waals surface area contributed by atoms with Gasteiger partial charge in [-0.1, -0.05) is 4.49 Å². The van der Waals surface area contributed by atoms with Gasteiger partial charge in [-0.3, -0.25) is 4.79 Å². The molecule has 1 atom stereocenters. The summed E-state index contributed by atoms with van der Waals surface area (Å²) < 4.78 is 3.71. The highest BCUT2D eigenvalue weighted by atomic mass is 32.1. The molecule has 1 aliphatic heterocycles. The van der Waals surface area contributed by atoms with Gasteiger partial charge in [0.1, 0.15) is 4.88 Å². The van der Waals surface area contributed by atoms with E-state index in [0.29, 0.717) is 16.5 Å². The zero-order valence-corrected chi connectivity index (χ0v) is 10.4. The predicted octanol–water partition coefficient (Wildman–Crippen LogP) is 0.943. The fourth-order valence-corrected chi connectivity index (χ4v) is 3.21. The molecule has 1 spiro atoms. The first-order valence-corrected chi connectivity index (χ1v) is 6.88. The molecule has 6 heteroatoms. The summed E-state index contributed by atoms with van der Waals surface area (Å²) in [6.07, 6.45) is 7.42. The first kappa shape index (κ1) is 11.1. The molecule has 1 amide bonds. The van der Waals surface area contributed by atoms with Crippen molar-refractivity contribution < 1.29 is 4.79 Å². The SMILES string of the molecule is O=C(NC1CCNC2(CCC2)C1)c1cnns1. The standard InChI is InChI=1S/C11H16N4OS/c16-10(9-7-13-15-17-9)14-8-2-5-12-11(6-8)3-1-4-11/h7-8,12H,1-6H2,(H,14,16). The van der Waals surface area contributed by atoms with Crippen molar-refractivity contribution in [1.82, 2.24) is 20.2 Å². The number of hydrogen-bond acceptors (Lipinski definition) is 5. The van der Waals surface area contributed by atoms with Gasteiger partial charge >= 0.3 is 0 Å². The molecule has 92 valence electrons. The fraction of sp³-hybridized carbons (Fsp3) is 0.727. The van der Waals surface area contributed by atoms with Crippen LogP contribution in [0.4, 0.5) is 0 Å². The van der Waals surface area contributed by atoms with Gasteiger partial charge in [0, 0.05) is 11.6 Å². The van der Waals surface area contributed by atoms with Gasteiger partial charge in [-0.25, -0.2) is 0 Å². The molecule has 1 saturated heterocycles. The monoisotopic (exact) mass is 252 g/mol. The number of amides is 1. The second kappa shape index (κ2) is 4.34. The van der Waals surface area contributed by atoms with Gasteiger partial charge in [-0.2, -0.15) is 0 Å². The van der Waals surface area contributed by atoms with Crippen molar-refractivity contribution in [2.45, 2.75) is 43.7 Å². The van der Waals surface area contributed by atoms with Gasteiger partial charge in [0.05, 0.1) is 6.20 Å². The Balaban J connectivity index is 1.60. The van der Waals surface area contributed by atoms with Gasteiger partial charge in [0.2, 0.25) is 0 Å². The van der Waals surface area contributed by atoms with E-state index < -0.39 is 0 Å². The highest BCUT2D eigenvalue weighted by Crippen LogP contribution is 2.38. The van der Waals surface area contributed by atoms with Crippen molar-refractivity contribution in [3.05, 3.63) is 11.1 Å². The van der Waals surface area contributed by atoms with Crippen molar-refractivity contribution in [2.75, 3.05) is 6.54 Å². The maximum atomic E-state index is 11.9. The van der Waals surface area contributed by atoms with Crippen LogP contribution in [0.3, 0.4) is 0 Å². The van der Waals surface area contributed by atoms with Crippen LogP contribution in [0.2, 0.25) is 0 Å². The van der Waals surface area contributed by atoms with Gasteiger partial charge in [-0.15, -0.1) is 5.10 Å². The van der Waals surface area contributed by atoms with Crippen LogP contribution in [0.15, 0.2) is 6.20 Å². The normalized spacial score (nSPS) is 26.5. The summed E-state index contributed by atoms with van der Waals surface area (Å²) in [5.41, 5.74) is 0.322. The van der Waals surface area contributed by atoms with Crippen LogP contribution >= 0.6 is 11.5 Å². The average molecular weight is 252 g/mol. The van der Waals surface area contributed by atoms with Crippen molar-refractivity contribution in [2.24, 2.45) is 0 Å². The van der Waals surface area contributed by atoms with Crippen LogP contribution in [0.5, 0.6) is 0 Å². The van der Waals surface area contributed by atoms with E-state index in [1.54, 1.807) is 0 Å². The minimum Gasteiger partial charge on any atom is -0.348 e. The first-order chi connectivity index (χ1) is 8.27. The topological polar surface area (TPSA) is 66.9 Å². The number of hydrogen-bond donors (Lipinski definition) is 2. The molecular formula is C11H16N4OS. The highest BCUT2D eigenvalue weighted by molar-refractivity contribution is 7.07. The number of nitrogens with zero attached hydrogens (tertiary/aromatic N) is 2. The van der Waals surface area contributed by atoms with E-state index in [4.69, 9.17) is 0 Å². The summed E-state index contributed by atoms with van der Waals surface area (Å²) in [4.78, 5) is 12.5. The zero-order chi connectivity index (χ0) is 11.7. The summed E-state index contributed by atoms with van der Waals surface area (Å²) in [7, 11) is 0. The molecule has 0 radical (unpaired) electrons. The molecule has 3 rings (SSSR count). The zero-order valence-electron chi connectivity index (χ0n) is 9.61. The predicted molar refractivity (Wildman–Crippen MR) is 65.0 cm³/mol. The van der Waals surface area contributed by atoms with E-state index in [2.05, 4.69) is 20.2 Å². The lowest BCUT2D eigenvalue weighted by atomic mass is 9.70. The third-order valence-electron chi connectivity index (χ3n) is 3.86. The number of carbonyl (C=O) groups excluding carboxylic acids is 1. The number of piperidine rings is 1. The minimum atomic E-state index is -0.0265. The third kappa shape index (κ3) is 2.19. The molecule has 1 aromatic rings. The Labute approximate surface area is 104 Å². The average Bonchev–Trinajstić information content (AvgIpc) is 2.81. The van der Waals surface area contributed by atoms with Crippen molar-refractivity contribution in [3.63, 3.8) is 0 Å². The van der Waals surface area contributed by atoms with E-state index in [9.17, 15) is 4.79 Å². The maximum Gasteiger partial charge on any atom is 0.264 e. The first-order valence-electron chi connectivity index (χ1n) is 6.11. The van der Waals surface area contributed by atoms with Crippen LogP contribution in [-0.2, 0) is 0 Å². The molecule has 0 aromatic carbocycles. The van der Waals surface area contributed by atoms with Crippen LogP contribution in [-0.4, -0.2) is 33.6 Å². The summed E-state index contributed by atoms with van der Waals surface area (Å²) in [6.45, 7) is 1.01. The summed E-state index contributed by atoms with van der Waals surface area (Å²) in [6, 6.07) is 0.297. The molecule has 2 heterocycles. The number of carbonyl (C=O) groups is 1. The summed E-state index contributed by atoms with van der Waals surface area (Å²) in [5.74, 6) is -0.0265. The molecule has 1 aromatic heterocycles. The lowest BCUT2D eigenvalue weighted by molar-refractivity contribution is 0.0856. The van der Waals surface area contributed by atoms with E-state index in [1.165, 1.54) is 25.5 Å². The summed E-state index contributed by atoms with van der Waals surface area (Å²) in [5, 5.41) is 10.4. The van der Waals surface area contributed by atoms with Crippen molar-refractivity contribution in [1.29, 1.82) is 0 Å². The molecule has 2 fully saturated rings. The van der Waals surface area contributed by atoms with Crippen molar-refractivity contribution >= 4 is 17.4 Å². The Morgan fingerprint density at radius 1 is 1.59 bits per heavy atom. The quantitative estimate of drug-likeness (QED) is 0.822. The molecule has 1 unspecified atom stereocenters. The number of nitrogens with one attached hydrogen (secondary N) is 2. The Bertz CT molecular complexity index is 402. The molecule has 1 saturated carbocycles. The van der Waals surface area contributed by atoms with Crippen LogP contribution in [0, 0.1) is 0 Å². The molecular weight excluding hydrogens is 236 g/mol. The van der Waals surface area contributed by atoms with Crippen LogP contribution in [0.25, 0.3) is 0 Å². The molecule has 1 aliphatic carbocycles. The fourth-order valence-electron chi connectivity index (χ4n) is 2.79. The van der Waals surface area contributed by atoms with E-state index in [-0.39, 0.29) is 5.91 Å². The Kier molecular flexibility index (Phi) is 2.84. The van der Waals surface area contributed by atoms with Crippen LogP contribution in [0.1, 0.15) is 41.8 Å². The second-order valence-electron chi connectivity index (χ2n) is 5.01. The minimum absolute atomic E-state index is 0.0265. The van der Waals surface area contributed by atoms with Crippen molar-refractivity contribution in [3.8, 4) is 0 Å². The maximum absolute atomic E-state index is 11.9. The highest BCUT2D eigenvalue weighted by Gasteiger charge is 2.41. The van der Waals surface area contributed by atoms with Gasteiger partial charge in [-0.05, 0) is 50.2 Å². The molecule has 0 bridgehead atoms. The smallest absolute Gasteiger partial charge is 0.264 e. The lowest BCUT2D eigenvalue weighted by Crippen LogP contribution is -2.59. The van der Waals surface area contributed by atoms with Crippen LogP contribution < -0.4 is 10.6 Å². The van der Waals surface area contributed by atoms with E-state index >= 15 is 0 Å². The molecule has 2 N–H and O–H groups in total. The second-order valence-corrected chi connectivity index (χ2v) is 5.79. The Hall–Kier alpha value is -1.01. The van der Waals surface area contributed by atoms with E-state index in [1.807, 2.05) is 0 Å². The van der Waals surface area contributed by atoms with Gasteiger partial charge in [0.25, 0.3) is 5.91 Å². The van der Waals surface area contributed by atoms with Gasteiger partial charge < -0.3 is 10.6 Å². The number of rotatable bonds is 2. The number of aromatic nitrogens is 2. The molecule has 17 heavy (non-hydrogen) atoms. The Morgan fingerprint density at radius 2 is 2.47 bits per heavy atom. The summed E-state index contributed by atoms with van der Waals surface area (Å²) >= 11 is 1.15. The third-order valence-corrected chi connectivity index (χ3v) is 4.52. The molecule has 5 nitrogen and oxygen atoms in total.